The topological polar surface area (TPSA) is 26.7 Å². The standard InChI is InChI=1S/C17H25FN2O/c1-12-10-19-9-4-3-6-14(19)11-20(12)16-8-5-7-15(18)17(16)13(2)21/h5,7-8,12-14,21H,3-4,6,9-11H2,1-2H3. The van der Waals surface area contributed by atoms with Gasteiger partial charge in [0.25, 0.3) is 0 Å². The molecule has 3 atom stereocenters. The summed E-state index contributed by atoms with van der Waals surface area (Å²) in [6.45, 7) is 6.99. The molecule has 3 rings (SSSR count). The molecule has 2 fully saturated rings. The molecule has 0 saturated carbocycles. The Hall–Kier alpha value is -1.13. The van der Waals surface area contributed by atoms with Crippen LogP contribution < -0.4 is 4.90 Å². The van der Waals surface area contributed by atoms with Crippen LogP contribution in [0.4, 0.5) is 10.1 Å². The molecule has 3 nitrogen and oxygen atoms in total. The number of hydrogen-bond donors (Lipinski definition) is 1. The van der Waals surface area contributed by atoms with Crippen LogP contribution in [0.3, 0.4) is 0 Å². The number of halogens is 1. The quantitative estimate of drug-likeness (QED) is 0.908. The van der Waals surface area contributed by atoms with Gasteiger partial charge in [-0.3, -0.25) is 4.90 Å². The SMILES string of the molecule is CC(O)c1c(F)cccc1N1CC2CCCCN2CC1C. The third kappa shape index (κ3) is 2.79. The van der Waals surface area contributed by atoms with Crippen LogP contribution >= 0.6 is 0 Å². The fraction of sp³-hybridized carbons (Fsp3) is 0.647. The van der Waals surface area contributed by atoms with E-state index in [0.717, 1.165) is 18.8 Å². The van der Waals surface area contributed by atoms with Crippen molar-refractivity contribution in [1.29, 1.82) is 0 Å². The maximum absolute atomic E-state index is 14.1. The normalized spacial score (nSPS) is 28.3. The Bertz CT molecular complexity index is 506. The van der Waals surface area contributed by atoms with Gasteiger partial charge in [0.15, 0.2) is 0 Å². The lowest BCUT2D eigenvalue weighted by atomic mass is 9.95. The maximum atomic E-state index is 14.1. The maximum Gasteiger partial charge on any atom is 0.131 e. The average molecular weight is 292 g/mol. The molecular formula is C17H25FN2O. The van der Waals surface area contributed by atoms with E-state index < -0.39 is 6.10 Å². The van der Waals surface area contributed by atoms with Crippen LogP contribution in [0.2, 0.25) is 0 Å². The molecule has 0 aliphatic carbocycles. The zero-order chi connectivity index (χ0) is 15.0. The van der Waals surface area contributed by atoms with Crippen molar-refractivity contribution in [3.63, 3.8) is 0 Å². The molecule has 0 amide bonds. The highest BCUT2D eigenvalue weighted by atomic mass is 19.1. The van der Waals surface area contributed by atoms with Crippen LogP contribution in [-0.2, 0) is 0 Å². The van der Waals surface area contributed by atoms with E-state index in [2.05, 4.69) is 16.7 Å². The van der Waals surface area contributed by atoms with Gasteiger partial charge in [-0.05, 0) is 45.4 Å². The van der Waals surface area contributed by atoms with Crippen molar-refractivity contribution in [2.75, 3.05) is 24.5 Å². The van der Waals surface area contributed by atoms with Gasteiger partial charge in [-0.25, -0.2) is 4.39 Å². The summed E-state index contributed by atoms with van der Waals surface area (Å²) in [5.74, 6) is -0.305. The number of anilines is 1. The van der Waals surface area contributed by atoms with E-state index in [-0.39, 0.29) is 5.82 Å². The monoisotopic (exact) mass is 292 g/mol. The molecule has 0 spiro atoms. The molecule has 2 saturated heterocycles. The van der Waals surface area contributed by atoms with Gasteiger partial charge in [-0.1, -0.05) is 12.5 Å². The van der Waals surface area contributed by atoms with Crippen molar-refractivity contribution < 1.29 is 9.50 Å². The molecule has 116 valence electrons. The van der Waals surface area contributed by atoms with Gasteiger partial charge in [0, 0.05) is 36.4 Å². The molecule has 1 N–H and O–H groups in total. The van der Waals surface area contributed by atoms with E-state index in [1.807, 2.05) is 6.07 Å². The lowest BCUT2D eigenvalue weighted by molar-refractivity contribution is 0.115. The molecular weight excluding hydrogens is 267 g/mol. The van der Waals surface area contributed by atoms with Crippen LogP contribution in [0.25, 0.3) is 0 Å². The van der Waals surface area contributed by atoms with Crippen LogP contribution in [0, 0.1) is 5.82 Å². The Morgan fingerprint density at radius 1 is 1.29 bits per heavy atom. The molecule has 21 heavy (non-hydrogen) atoms. The van der Waals surface area contributed by atoms with Crippen molar-refractivity contribution >= 4 is 5.69 Å². The largest absolute Gasteiger partial charge is 0.389 e. The Morgan fingerprint density at radius 2 is 2.10 bits per heavy atom. The first-order valence-electron chi connectivity index (χ1n) is 8.05. The molecule has 2 aliphatic rings. The van der Waals surface area contributed by atoms with E-state index in [4.69, 9.17) is 0 Å². The van der Waals surface area contributed by atoms with Gasteiger partial charge >= 0.3 is 0 Å². The molecule has 2 aliphatic heterocycles. The first-order chi connectivity index (χ1) is 10.1. The molecule has 1 aromatic rings. The van der Waals surface area contributed by atoms with Gasteiger partial charge in [0.2, 0.25) is 0 Å². The minimum atomic E-state index is -0.780. The average Bonchev–Trinajstić information content (AvgIpc) is 2.45. The summed E-state index contributed by atoms with van der Waals surface area (Å²) in [6, 6.07) is 6.04. The molecule has 0 radical (unpaired) electrons. The molecule has 1 aromatic carbocycles. The molecule has 4 heteroatoms. The van der Waals surface area contributed by atoms with Gasteiger partial charge in [0.05, 0.1) is 6.10 Å². The predicted molar refractivity (Wildman–Crippen MR) is 83.1 cm³/mol. The second-order valence-corrected chi connectivity index (χ2v) is 6.49. The fourth-order valence-corrected chi connectivity index (χ4v) is 3.88. The van der Waals surface area contributed by atoms with Gasteiger partial charge < -0.3 is 10.0 Å². The van der Waals surface area contributed by atoms with Crippen molar-refractivity contribution in [2.45, 2.75) is 51.3 Å². The number of rotatable bonds is 2. The van der Waals surface area contributed by atoms with Crippen molar-refractivity contribution in [1.82, 2.24) is 4.90 Å². The minimum absolute atomic E-state index is 0.305. The van der Waals surface area contributed by atoms with Crippen molar-refractivity contribution in [3.05, 3.63) is 29.6 Å². The number of piperidine rings is 1. The van der Waals surface area contributed by atoms with E-state index >= 15 is 0 Å². The lowest BCUT2D eigenvalue weighted by Crippen LogP contribution is -2.59. The Kier molecular flexibility index (Phi) is 4.18. The summed E-state index contributed by atoms with van der Waals surface area (Å²) in [4.78, 5) is 4.86. The van der Waals surface area contributed by atoms with Crippen LogP contribution in [0.15, 0.2) is 18.2 Å². The molecule has 0 aromatic heterocycles. The zero-order valence-corrected chi connectivity index (χ0v) is 12.9. The van der Waals surface area contributed by atoms with E-state index in [1.165, 1.54) is 31.9 Å². The van der Waals surface area contributed by atoms with Crippen LogP contribution in [0.5, 0.6) is 0 Å². The highest BCUT2D eigenvalue weighted by molar-refractivity contribution is 5.56. The summed E-state index contributed by atoms with van der Waals surface area (Å²) in [6.07, 6.45) is 3.03. The second kappa shape index (κ2) is 5.93. The Labute approximate surface area is 126 Å². The number of aliphatic hydroxyl groups excluding tert-OH is 1. The number of benzene rings is 1. The predicted octanol–water partition coefficient (Wildman–Crippen LogP) is 2.94. The highest BCUT2D eigenvalue weighted by Crippen LogP contribution is 2.34. The summed E-state index contributed by atoms with van der Waals surface area (Å²) in [7, 11) is 0. The summed E-state index contributed by atoms with van der Waals surface area (Å²) >= 11 is 0. The van der Waals surface area contributed by atoms with Gasteiger partial charge in [-0.2, -0.15) is 0 Å². The number of fused-ring (bicyclic) bond motifs is 1. The number of hydrogen-bond acceptors (Lipinski definition) is 3. The highest BCUT2D eigenvalue weighted by Gasteiger charge is 2.34. The van der Waals surface area contributed by atoms with Crippen molar-refractivity contribution in [3.8, 4) is 0 Å². The van der Waals surface area contributed by atoms with E-state index in [1.54, 1.807) is 13.0 Å². The van der Waals surface area contributed by atoms with Crippen LogP contribution in [0.1, 0.15) is 44.8 Å². The third-order valence-electron chi connectivity index (χ3n) is 4.94. The molecule has 3 unspecified atom stereocenters. The minimum Gasteiger partial charge on any atom is -0.389 e. The van der Waals surface area contributed by atoms with Crippen molar-refractivity contribution in [2.24, 2.45) is 0 Å². The first-order valence-corrected chi connectivity index (χ1v) is 8.05. The van der Waals surface area contributed by atoms with E-state index in [0.29, 0.717) is 17.6 Å². The Balaban J connectivity index is 1.91. The molecule has 2 heterocycles. The number of nitrogens with zero attached hydrogens (tertiary/aromatic N) is 2. The Morgan fingerprint density at radius 3 is 2.86 bits per heavy atom. The van der Waals surface area contributed by atoms with Gasteiger partial charge in [-0.15, -0.1) is 0 Å². The van der Waals surface area contributed by atoms with Gasteiger partial charge in [0.1, 0.15) is 5.82 Å². The summed E-state index contributed by atoms with van der Waals surface area (Å²) in [5, 5.41) is 9.96. The first kappa shape index (κ1) is 14.8. The number of piperazine rings is 1. The summed E-state index contributed by atoms with van der Waals surface area (Å²) < 4.78 is 14.1. The smallest absolute Gasteiger partial charge is 0.131 e. The third-order valence-corrected chi connectivity index (χ3v) is 4.94. The second-order valence-electron chi connectivity index (χ2n) is 6.49. The van der Waals surface area contributed by atoms with Crippen LogP contribution in [-0.4, -0.2) is 41.7 Å². The molecule has 0 bridgehead atoms. The fourth-order valence-electron chi connectivity index (χ4n) is 3.88. The van der Waals surface area contributed by atoms with E-state index in [9.17, 15) is 9.50 Å². The zero-order valence-electron chi connectivity index (χ0n) is 12.9. The number of aliphatic hydroxyl groups is 1. The lowest BCUT2D eigenvalue weighted by Gasteiger charge is -2.49. The summed E-state index contributed by atoms with van der Waals surface area (Å²) in [5.41, 5.74) is 1.30.